The number of rotatable bonds is 19. The second-order valence-corrected chi connectivity index (χ2v) is 33.6. The smallest absolute Gasteiger partial charge is 0.315 e. The van der Waals surface area contributed by atoms with Crippen molar-refractivity contribution in [3.05, 3.63) is 11.6 Å². The van der Waals surface area contributed by atoms with Crippen molar-refractivity contribution >= 4 is 5.97 Å². The highest BCUT2D eigenvalue weighted by molar-refractivity contribution is 5.79. The Hall–Kier alpha value is -2.15. The van der Waals surface area contributed by atoms with Gasteiger partial charge in [0.2, 0.25) is 6.29 Å². The van der Waals surface area contributed by atoms with Crippen LogP contribution in [-0.4, -0.2) is 368 Å². The van der Waals surface area contributed by atoms with Gasteiger partial charge in [0.25, 0.3) is 0 Å². The Morgan fingerprint density at radius 2 is 1.04 bits per heavy atom. The number of aliphatic hydroxyl groups excluding tert-OH is 20. The van der Waals surface area contributed by atoms with Gasteiger partial charge in [-0.05, 0) is 104 Å². The van der Waals surface area contributed by atoms with Crippen molar-refractivity contribution in [1.82, 2.24) is 0 Å². The highest BCUT2D eigenvalue weighted by atomic mass is 16.8. The SMILES string of the molecule is C[C@@H]1O[C@@H](O[C@H]2[C@H](OC(=O)[C@]34CCC(C)(C)C[C@H]3C3=CC[C@@H]5[C@@]6(C)C[C@H](O)[C@H](O[C@@H]7O[C@H](CO[C@@H]8O[C@H](CO[C@@H]9O[C@H](CO)[C@@H](O)[C@H](O)[C@H]9O)[C@@H](O)[C@H](O)[C@H]8O)[C@@H](O)[C@H](O)[C@H]7O)[C@@](C)(CO)[C@@H]6CC[C@@]5(C)[C@]3(C)CC4)OC[C@H](O)[C@@H]2O)[C@H](O)[C@H](O)[C@H]1O[C@@H]1OC[C@@H](O)[C@H](O[C@@H]2OC[C@](O)(CO)[C@H]2O)[C@H]1O. The first kappa shape index (κ1) is 82.3. The zero-order valence-corrected chi connectivity index (χ0v) is 59.8. The van der Waals surface area contributed by atoms with E-state index in [0.717, 1.165) is 5.57 Å². The number of allylic oxidation sites excluding steroid dienone is 2. The van der Waals surface area contributed by atoms with Crippen LogP contribution in [-0.2, 0) is 71.1 Å². The standard InChI is InChI=1S/C69H112O36/c1-26-50(101-57-49(88)51(31(75)20-92-57)102-61-53(89)69(91,24-72)25-96-61)44(83)48(87)58(97-26)103-52-37(76)30(74)19-93-60(52)105-62(90)68-14-12-63(2,3)16-28(68)27-8-9-36-64(4)17-29(73)54(65(5,23-71)35(64)10-11-67(36,7)66(27,6)13-15-68)104-59-47(86)43(82)40(79)34(100-59)22-95-56-46(85)42(81)39(78)33(99-56)21-94-55-45(84)41(80)38(77)32(18-70)98-55/h8,26,28-61,70-89,91H,9-25H2,1-7H3/t26-,28-,29-,30-,31+,32+,33+,34+,35+,36+,37-,38+,39+,40+,41-,42-,43-,44-,45+,46+,47+,48+,49+,50-,51-,52+,53-,54-,55+,56+,57-,58-,59-,60-,61-,64-,65-,66+,67+,68-,69+/m0/s1. The highest BCUT2D eigenvalue weighted by Gasteiger charge is 2.72. The Balaban J connectivity index is 0.709. The van der Waals surface area contributed by atoms with Crippen molar-refractivity contribution in [1.29, 1.82) is 0 Å². The van der Waals surface area contributed by atoms with Crippen LogP contribution < -0.4 is 0 Å². The lowest BCUT2D eigenvalue weighted by Gasteiger charge is -2.72. The van der Waals surface area contributed by atoms with Gasteiger partial charge in [0.15, 0.2) is 43.8 Å². The predicted molar refractivity (Wildman–Crippen MR) is 344 cm³/mol. The Morgan fingerprint density at radius 1 is 0.495 bits per heavy atom. The first-order valence-electron chi connectivity index (χ1n) is 36.6. The number of aliphatic hydroxyl groups is 21. The minimum Gasteiger partial charge on any atom is -0.432 e. The van der Waals surface area contributed by atoms with Gasteiger partial charge in [0.1, 0.15) is 134 Å². The Morgan fingerprint density at radius 3 is 1.65 bits per heavy atom. The van der Waals surface area contributed by atoms with Crippen molar-refractivity contribution in [2.45, 2.75) is 308 Å². The molecule has 0 aromatic rings. The molecule has 7 aliphatic heterocycles. The molecule has 5 aliphatic carbocycles. The number of esters is 1. The number of carbonyl (C=O) groups excluding carboxylic acids is 1. The summed E-state index contributed by atoms with van der Waals surface area (Å²) < 4.78 is 82.0. The molecule has 4 saturated carbocycles. The molecule has 36 nitrogen and oxygen atoms in total. The van der Waals surface area contributed by atoms with E-state index in [-0.39, 0.29) is 29.6 Å². The van der Waals surface area contributed by atoms with Gasteiger partial charge in [0.05, 0.1) is 76.6 Å². The van der Waals surface area contributed by atoms with E-state index in [4.69, 9.17) is 66.3 Å². The molecule has 0 radical (unpaired) electrons. The average Bonchev–Trinajstić information content (AvgIpc) is 0.861. The molecule has 11 fully saturated rings. The van der Waals surface area contributed by atoms with Crippen molar-refractivity contribution < 1.29 is 178 Å². The maximum atomic E-state index is 15.5. The van der Waals surface area contributed by atoms with Crippen molar-refractivity contribution in [2.24, 2.45) is 50.2 Å². The lowest BCUT2D eigenvalue weighted by Crippen LogP contribution is -2.69. The van der Waals surface area contributed by atoms with Crippen LogP contribution >= 0.6 is 0 Å². The summed E-state index contributed by atoms with van der Waals surface area (Å²) in [5.74, 6) is -1.51. The third-order valence-corrected chi connectivity index (χ3v) is 26.7. The first-order chi connectivity index (χ1) is 49.3. The van der Waals surface area contributed by atoms with E-state index in [1.807, 2.05) is 0 Å². The summed E-state index contributed by atoms with van der Waals surface area (Å²) in [6, 6.07) is 0. The monoisotopic (exact) mass is 1520 g/mol. The predicted octanol–water partition coefficient (Wildman–Crippen LogP) is -7.67. The Bertz CT molecular complexity index is 2990. The summed E-state index contributed by atoms with van der Waals surface area (Å²) in [5.41, 5.74) is -5.42. The fourth-order valence-corrected chi connectivity index (χ4v) is 20.0. The molecule has 105 heavy (non-hydrogen) atoms. The maximum absolute atomic E-state index is 15.5. The minimum absolute atomic E-state index is 0.137. The molecule has 0 amide bonds. The number of ether oxygens (including phenoxy) is 14. The van der Waals surface area contributed by atoms with Crippen LogP contribution in [0.1, 0.15) is 106 Å². The molecule has 41 atom stereocenters. The van der Waals surface area contributed by atoms with Gasteiger partial charge in [0, 0.05) is 5.41 Å². The maximum Gasteiger partial charge on any atom is 0.315 e. The molecule has 12 aliphatic rings. The fourth-order valence-electron chi connectivity index (χ4n) is 20.0. The summed E-state index contributed by atoms with van der Waals surface area (Å²) in [4.78, 5) is 15.5. The largest absolute Gasteiger partial charge is 0.432 e. The summed E-state index contributed by atoms with van der Waals surface area (Å²) >= 11 is 0. The van der Waals surface area contributed by atoms with Gasteiger partial charge in [-0.3, -0.25) is 4.79 Å². The summed E-state index contributed by atoms with van der Waals surface area (Å²) in [6.45, 7) is 9.10. The summed E-state index contributed by atoms with van der Waals surface area (Å²) in [7, 11) is 0. The van der Waals surface area contributed by atoms with Gasteiger partial charge in [-0.15, -0.1) is 0 Å². The van der Waals surface area contributed by atoms with Crippen LogP contribution in [0.2, 0.25) is 0 Å². The second kappa shape index (κ2) is 31.0. The molecule has 0 unspecified atom stereocenters. The summed E-state index contributed by atoms with van der Waals surface area (Å²) in [6.07, 6.45) is -47.4. The van der Waals surface area contributed by atoms with Gasteiger partial charge in [-0.1, -0.05) is 53.2 Å². The van der Waals surface area contributed by atoms with Crippen molar-refractivity contribution in [2.75, 3.05) is 52.9 Å². The second-order valence-electron chi connectivity index (χ2n) is 33.6. The van der Waals surface area contributed by atoms with Gasteiger partial charge >= 0.3 is 5.97 Å². The van der Waals surface area contributed by atoms with Gasteiger partial charge in [-0.2, -0.15) is 0 Å². The van der Waals surface area contributed by atoms with E-state index in [2.05, 4.69) is 40.7 Å². The van der Waals surface area contributed by atoms with Crippen LogP contribution in [0, 0.1) is 50.2 Å². The van der Waals surface area contributed by atoms with Crippen LogP contribution in [0.4, 0.5) is 0 Å². The van der Waals surface area contributed by atoms with Crippen LogP contribution in [0.3, 0.4) is 0 Å². The molecule has 0 spiro atoms. The minimum atomic E-state index is -2.08. The van der Waals surface area contributed by atoms with E-state index in [0.29, 0.717) is 51.4 Å². The Labute approximate surface area is 605 Å². The quantitative estimate of drug-likeness (QED) is 0.0324. The Kier molecular flexibility index (Phi) is 24.3. The average molecular weight is 1520 g/mol. The lowest BCUT2D eigenvalue weighted by atomic mass is 9.33. The van der Waals surface area contributed by atoms with E-state index >= 15 is 4.79 Å². The number of hydrogen-bond donors (Lipinski definition) is 21. The molecule has 0 bridgehead atoms. The molecule has 36 heteroatoms. The third kappa shape index (κ3) is 14.4. The van der Waals surface area contributed by atoms with Crippen LogP contribution in [0.25, 0.3) is 0 Å². The molecule has 21 N–H and O–H groups in total. The molecule has 0 aromatic carbocycles. The van der Waals surface area contributed by atoms with Crippen molar-refractivity contribution in [3.8, 4) is 0 Å². The first-order valence-corrected chi connectivity index (χ1v) is 36.6. The van der Waals surface area contributed by atoms with E-state index < -0.39 is 288 Å². The molecule has 7 heterocycles. The molecular weight excluding hydrogens is 1400 g/mol. The molecule has 12 rings (SSSR count). The highest BCUT2D eigenvalue weighted by Crippen LogP contribution is 2.76. The fraction of sp³-hybridized carbons (Fsp3) is 0.957. The topological polar surface area (TPSA) is 571 Å². The van der Waals surface area contributed by atoms with Gasteiger partial charge in [-0.25, -0.2) is 0 Å². The normalized spacial score (nSPS) is 55.0. The molecule has 604 valence electrons. The molecule has 0 aromatic heterocycles. The van der Waals surface area contributed by atoms with Crippen molar-refractivity contribution in [3.63, 3.8) is 0 Å². The van der Waals surface area contributed by atoms with E-state index in [1.165, 1.54) is 6.92 Å². The summed E-state index contributed by atoms with van der Waals surface area (Å²) in [5, 5.41) is 230. The zero-order valence-electron chi connectivity index (χ0n) is 59.8. The van der Waals surface area contributed by atoms with Crippen LogP contribution in [0.15, 0.2) is 11.6 Å². The number of carbonyl (C=O) groups is 1. The number of fused-ring (bicyclic) bond motifs is 7. The number of hydrogen-bond acceptors (Lipinski definition) is 36. The van der Waals surface area contributed by atoms with Gasteiger partial charge < -0.3 is 174 Å². The molecule has 7 saturated heterocycles. The van der Waals surface area contributed by atoms with E-state index in [9.17, 15) is 107 Å². The van der Waals surface area contributed by atoms with Crippen LogP contribution in [0.5, 0.6) is 0 Å². The zero-order chi connectivity index (χ0) is 76.5. The third-order valence-electron chi connectivity index (χ3n) is 26.7. The molecular formula is C69H112O36. The van der Waals surface area contributed by atoms with E-state index in [1.54, 1.807) is 6.92 Å². The lowest BCUT2D eigenvalue weighted by molar-refractivity contribution is -0.372.